The highest BCUT2D eigenvalue weighted by molar-refractivity contribution is 6.30. The maximum Gasteiger partial charge on any atom is 0.203 e. The zero-order chi connectivity index (χ0) is 13.7. The van der Waals surface area contributed by atoms with E-state index in [-0.39, 0.29) is 0 Å². The van der Waals surface area contributed by atoms with E-state index < -0.39 is 0 Å². The van der Waals surface area contributed by atoms with Gasteiger partial charge in [-0.3, -0.25) is 0 Å². The molecule has 0 aliphatic rings. The summed E-state index contributed by atoms with van der Waals surface area (Å²) >= 11 is 5.98. The SMILES string of the molecule is COc1cccc(OC)c1OCc1cccnc1Cl. The molecule has 100 valence electrons. The summed E-state index contributed by atoms with van der Waals surface area (Å²) in [6.45, 7) is 0.295. The van der Waals surface area contributed by atoms with E-state index in [1.807, 2.05) is 30.3 Å². The minimum Gasteiger partial charge on any atom is -0.493 e. The Morgan fingerprint density at radius 2 is 1.74 bits per heavy atom. The molecule has 0 amide bonds. The van der Waals surface area contributed by atoms with Gasteiger partial charge in [0, 0.05) is 11.8 Å². The van der Waals surface area contributed by atoms with Crippen molar-refractivity contribution in [2.75, 3.05) is 14.2 Å². The second-order valence-electron chi connectivity index (χ2n) is 3.73. The fourth-order valence-corrected chi connectivity index (χ4v) is 1.81. The first-order chi connectivity index (χ1) is 9.26. The molecule has 0 N–H and O–H groups in total. The highest BCUT2D eigenvalue weighted by Gasteiger charge is 2.12. The Morgan fingerprint density at radius 1 is 1.05 bits per heavy atom. The summed E-state index contributed by atoms with van der Waals surface area (Å²) in [5.74, 6) is 1.77. The van der Waals surface area contributed by atoms with Gasteiger partial charge < -0.3 is 14.2 Å². The van der Waals surface area contributed by atoms with E-state index in [2.05, 4.69) is 4.98 Å². The van der Waals surface area contributed by atoms with Crippen LogP contribution in [0.15, 0.2) is 36.5 Å². The molecule has 5 heteroatoms. The summed E-state index contributed by atoms with van der Waals surface area (Å²) in [6, 6.07) is 9.12. The summed E-state index contributed by atoms with van der Waals surface area (Å²) in [5.41, 5.74) is 0.803. The van der Waals surface area contributed by atoms with Crippen molar-refractivity contribution in [3.05, 3.63) is 47.2 Å². The number of benzene rings is 1. The Bertz CT molecular complexity index is 538. The third-order valence-electron chi connectivity index (χ3n) is 2.59. The number of aromatic nitrogens is 1. The number of hydrogen-bond acceptors (Lipinski definition) is 4. The average molecular weight is 280 g/mol. The van der Waals surface area contributed by atoms with E-state index >= 15 is 0 Å². The number of methoxy groups -OCH3 is 2. The Labute approximate surface area is 116 Å². The van der Waals surface area contributed by atoms with E-state index in [1.54, 1.807) is 20.4 Å². The zero-order valence-electron chi connectivity index (χ0n) is 10.7. The second kappa shape index (κ2) is 6.29. The summed E-state index contributed by atoms with van der Waals surface area (Å²) in [7, 11) is 3.16. The van der Waals surface area contributed by atoms with Crippen LogP contribution in [-0.4, -0.2) is 19.2 Å². The molecule has 0 aliphatic carbocycles. The predicted molar refractivity (Wildman–Crippen MR) is 73.1 cm³/mol. The highest BCUT2D eigenvalue weighted by atomic mass is 35.5. The number of hydrogen-bond donors (Lipinski definition) is 0. The van der Waals surface area contributed by atoms with E-state index in [1.165, 1.54) is 0 Å². The lowest BCUT2D eigenvalue weighted by molar-refractivity contribution is 0.265. The average Bonchev–Trinajstić information content (AvgIpc) is 2.46. The van der Waals surface area contributed by atoms with E-state index in [0.29, 0.717) is 29.0 Å². The topological polar surface area (TPSA) is 40.6 Å². The second-order valence-corrected chi connectivity index (χ2v) is 4.09. The molecule has 2 rings (SSSR count). The first-order valence-electron chi connectivity index (χ1n) is 5.69. The van der Waals surface area contributed by atoms with Crippen LogP contribution in [-0.2, 0) is 6.61 Å². The minimum absolute atomic E-state index is 0.295. The van der Waals surface area contributed by atoms with Crippen molar-refractivity contribution in [3.8, 4) is 17.2 Å². The molecule has 0 fully saturated rings. The zero-order valence-corrected chi connectivity index (χ0v) is 11.5. The van der Waals surface area contributed by atoms with E-state index in [9.17, 15) is 0 Å². The molecule has 19 heavy (non-hydrogen) atoms. The lowest BCUT2D eigenvalue weighted by atomic mass is 10.3. The van der Waals surface area contributed by atoms with E-state index in [0.717, 1.165) is 5.56 Å². The molecule has 0 saturated heterocycles. The van der Waals surface area contributed by atoms with Crippen LogP contribution in [0.4, 0.5) is 0 Å². The van der Waals surface area contributed by atoms with Gasteiger partial charge in [-0.2, -0.15) is 0 Å². The van der Waals surface area contributed by atoms with Crippen molar-refractivity contribution in [1.82, 2.24) is 4.98 Å². The summed E-state index contributed by atoms with van der Waals surface area (Å²) in [4.78, 5) is 4.00. The van der Waals surface area contributed by atoms with Gasteiger partial charge in [0.2, 0.25) is 5.75 Å². The lowest BCUT2D eigenvalue weighted by Crippen LogP contribution is -2.01. The van der Waals surface area contributed by atoms with Crippen molar-refractivity contribution in [2.45, 2.75) is 6.61 Å². The monoisotopic (exact) mass is 279 g/mol. The number of nitrogens with zero attached hydrogens (tertiary/aromatic N) is 1. The van der Waals surface area contributed by atoms with Crippen LogP contribution in [0, 0.1) is 0 Å². The molecule has 2 aromatic rings. The normalized spacial score (nSPS) is 10.1. The van der Waals surface area contributed by atoms with Crippen LogP contribution in [0.2, 0.25) is 5.15 Å². The molecule has 0 bridgehead atoms. The van der Waals surface area contributed by atoms with E-state index in [4.69, 9.17) is 25.8 Å². The van der Waals surface area contributed by atoms with Gasteiger partial charge >= 0.3 is 0 Å². The van der Waals surface area contributed by atoms with Gasteiger partial charge in [0.25, 0.3) is 0 Å². The summed E-state index contributed by atoms with van der Waals surface area (Å²) < 4.78 is 16.2. The van der Waals surface area contributed by atoms with Crippen LogP contribution in [0.3, 0.4) is 0 Å². The molecule has 1 aromatic carbocycles. The maximum atomic E-state index is 5.98. The van der Waals surface area contributed by atoms with Gasteiger partial charge in [-0.15, -0.1) is 0 Å². The van der Waals surface area contributed by atoms with Crippen molar-refractivity contribution in [3.63, 3.8) is 0 Å². The molecule has 0 aliphatic heterocycles. The molecule has 0 atom stereocenters. The molecule has 0 saturated carbocycles. The van der Waals surface area contributed by atoms with Crippen molar-refractivity contribution in [1.29, 1.82) is 0 Å². The molecule has 1 heterocycles. The van der Waals surface area contributed by atoms with Crippen molar-refractivity contribution in [2.24, 2.45) is 0 Å². The third kappa shape index (κ3) is 3.09. The molecular weight excluding hydrogens is 266 g/mol. The van der Waals surface area contributed by atoms with Crippen LogP contribution < -0.4 is 14.2 Å². The largest absolute Gasteiger partial charge is 0.493 e. The maximum absolute atomic E-state index is 5.98. The standard InChI is InChI=1S/C14H14ClNO3/c1-17-11-6-3-7-12(18-2)13(11)19-9-10-5-4-8-16-14(10)15/h3-8H,9H2,1-2H3. The third-order valence-corrected chi connectivity index (χ3v) is 2.93. The van der Waals surface area contributed by atoms with Gasteiger partial charge in [-0.1, -0.05) is 23.7 Å². The molecule has 4 nitrogen and oxygen atoms in total. The summed E-state index contributed by atoms with van der Waals surface area (Å²) in [5, 5.41) is 0.427. The molecule has 0 unspecified atom stereocenters. The highest BCUT2D eigenvalue weighted by Crippen LogP contribution is 2.37. The molecular formula is C14H14ClNO3. The summed E-state index contributed by atoms with van der Waals surface area (Å²) in [6.07, 6.45) is 1.63. The van der Waals surface area contributed by atoms with Gasteiger partial charge in [0.1, 0.15) is 11.8 Å². The van der Waals surface area contributed by atoms with Crippen molar-refractivity contribution < 1.29 is 14.2 Å². The smallest absolute Gasteiger partial charge is 0.203 e. The van der Waals surface area contributed by atoms with Gasteiger partial charge in [0.05, 0.1) is 14.2 Å². The fraction of sp³-hybridized carbons (Fsp3) is 0.214. The van der Waals surface area contributed by atoms with Gasteiger partial charge in [-0.25, -0.2) is 4.98 Å². The van der Waals surface area contributed by atoms with Crippen LogP contribution >= 0.6 is 11.6 Å². The Hall–Kier alpha value is -1.94. The number of halogens is 1. The fourth-order valence-electron chi connectivity index (χ4n) is 1.64. The Kier molecular flexibility index (Phi) is 4.47. The quantitative estimate of drug-likeness (QED) is 0.787. The van der Waals surface area contributed by atoms with Crippen molar-refractivity contribution >= 4 is 11.6 Å². The number of pyridine rings is 1. The molecule has 1 aromatic heterocycles. The van der Waals surface area contributed by atoms with Crippen LogP contribution in [0.25, 0.3) is 0 Å². The molecule has 0 radical (unpaired) electrons. The van der Waals surface area contributed by atoms with Crippen LogP contribution in [0.1, 0.15) is 5.56 Å². The Morgan fingerprint density at radius 3 is 2.32 bits per heavy atom. The van der Waals surface area contributed by atoms with Crippen LogP contribution in [0.5, 0.6) is 17.2 Å². The Balaban J connectivity index is 2.21. The first-order valence-corrected chi connectivity index (χ1v) is 6.07. The van der Waals surface area contributed by atoms with Gasteiger partial charge in [-0.05, 0) is 18.2 Å². The number of para-hydroxylation sites is 1. The first kappa shape index (κ1) is 13.5. The predicted octanol–water partition coefficient (Wildman–Crippen LogP) is 3.33. The van der Waals surface area contributed by atoms with Gasteiger partial charge in [0.15, 0.2) is 11.5 Å². The number of ether oxygens (including phenoxy) is 3. The molecule has 0 spiro atoms. The number of rotatable bonds is 5. The minimum atomic E-state index is 0.295. The lowest BCUT2D eigenvalue weighted by Gasteiger charge is -2.14.